The predicted octanol–water partition coefficient (Wildman–Crippen LogP) is 5.27. The molecule has 0 aliphatic heterocycles. The van der Waals surface area contributed by atoms with Gasteiger partial charge in [-0.2, -0.15) is 0 Å². The monoisotopic (exact) mass is 332 g/mol. The molecule has 2 N–H and O–H groups in total. The van der Waals surface area contributed by atoms with E-state index in [-0.39, 0.29) is 5.56 Å². The van der Waals surface area contributed by atoms with Gasteiger partial charge < -0.3 is 10.3 Å². The Morgan fingerprint density at radius 3 is 2.68 bits per heavy atom. The van der Waals surface area contributed by atoms with Crippen LogP contribution in [0, 0.1) is 5.82 Å². The molecule has 124 valence electrons. The summed E-state index contributed by atoms with van der Waals surface area (Å²) in [6.07, 6.45) is 0.945. The van der Waals surface area contributed by atoms with Gasteiger partial charge in [0.05, 0.1) is 5.56 Å². The van der Waals surface area contributed by atoms with E-state index in [1.165, 1.54) is 23.1 Å². The topological polar surface area (TPSA) is 44.9 Å². The maximum Gasteiger partial charge on any atom is 0.258 e. The quantitative estimate of drug-likeness (QED) is 0.527. The number of fused-ring (bicyclic) bond motifs is 3. The normalized spacial score (nSPS) is 11.1. The number of rotatable bonds is 3. The maximum atomic E-state index is 13.8. The number of nitrogens with one attached hydrogen (secondary N) is 2. The molecule has 0 bridgehead atoms. The molecule has 4 aromatic rings. The Morgan fingerprint density at radius 1 is 1.04 bits per heavy atom. The van der Waals surface area contributed by atoms with E-state index < -0.39 is 11.7 Å². The number of amides is 1. The number of aryl methyl sites for hydroxylation is 1. The Balaban J connectivity index is 1.73. The van der Waals surface area contributed by atoms with Crippen molar-refractivity contribution in [3.63, 3.8) is 0 Å². The molecule has 0 atom stereocenters. The van der Waals surface area contributed by atoms with Gasteiger partial charge in [-0.3, -0.25) is 4.79 Å². The van der Waals surface area contributed by atoms with Gasteiger partial charge in [0.25, 0.3) is 5.91 Å². The van der Waals surface area contributed by atoms with Gasteiger partial charge >= 0.3 is 0 Å². The van der Waals surface area contributed by atoms with Crippen LogP contribution in [0.4, 0.5) is 10.1 Å². The van der Waals surface area contributed by atoms with E-state index >= 15 is 0 Å². The molecule has 0 spiro atoms. The third-order valence-corrected chi connectivity index (χ3v) is 4.48. The molecule has 0 saturated heterocycles. The minimum absolute atomic E-state index is 0.0347. The molecular formula is C21H17FN2O. The van der Waals surface area contributed by atoms with Crippen LogP contribution in [-0.4, -0.2) is 10.9 Å². The van der Waals surface area contributed by atoms with Crippen LogP contribution in [0.3, 0.4) is 0 Å². The SMILES string of the molecule is CCc1cccc2c1[nH]c1cc(NC(=O)c3ccccc3F)ccc12. The van der Waals surface area contributed by atoms with E-state index in [1.54, 1.807) is 12.1 Å². The molecule has 4 rings (SSSR count). The largest absolute Gasteiger partial charge is 0.354 e. The van der Waals surface area contributed by atoms with E-state index in [0.717, 1.165) is 22.8 Å². The number of anilines is 1. The number of hydrogen-bond donors (Lipinski definition) is 2. The summed E-state index contributed by atoms with van der Waals surface area (Å²) in [7, 11) is 0. The molecule has 3 nitrogen and oxygen atoms in total. The lowest BCUT2D eigenvalue weighted by molar-refractivity contribution is 0.102. The second-order valence-electron chi connectivity index (χ2n) is 6.01. The Kier molecular flexibility index (Phi) is 3.73. The molecule has 1 aromatic heterocycles. The van der Waals surface area contributed by atoms with Crippen molar-refractivity contribution in [2.24, 2.45) is 0 Å². The summed E-state index contributed by atoms with van der Waals surface area (Å²) in [5.41, 5.74) is 3.99. The van der Waals surface area contributed by atoms with E-state index in [0.29, 0.717) is 5.69 Å². The number of para-hydroxylation sites is 1. The zero-order valence-corrected chi connectivity index (χ0v) is 13.8. The van der Waals surface area contributed by atoms with Gasteiger partial charge in [0.15, 0.2) is 0 Å². The first kappa shape index (κ1) is 15.4. The Morgan fingerprint density at radius 2 is 1.88 bits per heavy atom. The highest BCUT2D eigenvalue weighted by molar-refractivity contribution is 6.10. The fraction of sp³-hybridized carbons (Fsp3) is 0.0952. The molecule has 0 radical (unpaired) electrons. The van der Waals surface area contributed by atoms with E-state index in [9.17, 15) is 9.18 Å². The third kappa shape index (κ3) is 2.66. The number of benzene rings is 3. The second kappa shape index (κ2) is 6.06. The van der Waals surface area contributed by atoms with Crippen molar-refractivity contribution in [1.29, 1.82) is 0 Å². The minimum Gasteiger partial charge on any atom is -0.354 e. The average Bonchev–Trinajstić information content (AvgIpc) is 2.99. The molecule has 0 aliphatic rings. The first-order chi connectivity index (χ1) is 12.2. The zero-order chi connectivity index (χ0) is 17.4. The van der Waals surface area contributed by atoms with Crippen LogP contribution in [-0.2, 0) is 6.42 Å². The maximum absolute atomic E-state index is 13.8. The average molecular weight is 332 g/mol. The lowest BCUT2D eigenvalue weighted by Gasteiger charge is -2.06. The van der Waals surface area contributed by atoms with E-state index in [1.807, 2.05) is 18.2 Å². The molecule has 0 saturated carbocycles. The number of hydrogen-bond acceptors (Lipinski definition) is 1. The summed E-state index contributed by atoms with van der Waals surface area (Å²) in [5, 5.41) is 5.04. The Bertz CT molecular complexity index is 1100. The second-order valence-corrected chi connectivity index (χ2v) is 6.01. The molecule has 3 aromatic carbocycles. The highest BCUT2D eigenvalue weighted by Gasteiger charge is 2.12. The minimum atomic E-state index is -0.528. The van der Waals surface area contributed by atoms with Gasteiger partial charge in [-0.1, -0.05) is 43.3 Å². The van der Waals surface area contributed by atoms with Gasteiger partial charge in [-0.15, -0.1) is 0 Å². The molecule has 0 aliphatic carbocycles. The van der Waals surface area contributed by atoms with Gasteiger partial charge in [0.2, 0.25) is 0 Å². The molecule has 1 amide bonds. The highest BCUT2D eigenvalue weighted by Crippen LogP contribution is 2.29. The Labute approximate surface area is 144 Å². The van der Waals surface area contributed by atoms with Gasteiger partial charge in [0.1, 0.15) is 5.82 Å². The van der Waals surface area contributed by atoms with Crippen molar-refractivity contribution in [3.8, 4) is 0 Å². The lowest BCUT2D eigenvalue weighted by Crippen LogP contribution is -2.13. The zero-order valence-electron chi connectivity index (χ0n) is 13.8. The fourth-order valence-corrected chi connectivity index (χ4v) is 3.21. The molecule has 1 heterocycles. The van der Waals surface area contributed by atoms with Crippen molar-refractivity contribution in [1.82, 2.24) is 4.98 Å². The van der Waals surface area contributed by atoms with Crippen LogP contribution < -0.4 is 5.32 Å². The number of carbonyl (C=O) groups is 1. The molecular weight excluding hydrogens is 315 g/mol. The summed E-state index contributed by atoms with van der Waals surface area (Å²) >= 11 is 0. The molecule has 4 heteroatoms. The fourth-order valence-electron chi connectivity index (χ4n) is 3.21. The molecule has 0 unspecified atom stereocenters. The summed E-state index contributed by atoms with van der Waals surface area (Å²) in [4.78, 5) is 15.7. The summed E-state index contributed by atoms with van der Waals surface area (Å²) in [5.74, 6) is -0.984. The summed E-state index contributed by atoms with van der Waals surface area (Å²) in [6.45, 7) is 2.13. The first-order valence-electron chi connectivity index (χ1n) is 8.26. The predicted molar refractivity (Wildman–Crippen MR) is 99.5 cm³/mol. The van der Waals surface area contributed by atoms with Crippen LogP contribution in [0.25, 0.3) is 21.8 Å². The molecule has 25 heavy (non-hydrogen) atoms. The van der Waals surface area contributed by atoms with Crippen molar-refractivity contribution >= 4 is 33.4 Å². The van der Waals surface area contributed by atoms with Crippen molar-refractivity contribution in [2.45, 2.75) is 13.3 Å². The lowest BCUT2D eigenvalue weighted by atomic mass is 10.1. The van der Waals surface area contributed by atoms with Crippen LogP contribution in [0.1, 0.15) is 22.8 Å². The smallest absolute Gasteiger partial charge is 0.258 e. The first-order valence-corrected chi connectivity index (χ1v) is 8.26. The number of carbonyl (C=O) groups excluding carboxylic acids is 1. The van der Waals surface area contributed by atoms with Crippen LogP contribution in [0.2, 0.25) is 0 Å². The van der Waals surface area contributed by atoms with Crippen molar-refractivity contribution in [2.75, 3.05) is 5.32 Å². The van der Waals surface area contributed by atoms with E-state index in [4.69, 9.17) is 0 Å². The number of H-pyrrole nitrogens is 1. The van der Waals surface area contributed by atoms with Crippen LogP contribution in [0.5, 0.6) is 0 Å². The van der Waals surface area contributed by atoms with Crippen LogP contribution >= 0.6 is 0 Å². The highest BCUT2D eigenvalue weighted by atomic mass is 19.1. The number of halogens is 1. The number of aromatic amines is 1. The van der Waals surface area contributed by atoms with Gasteiger partial charge in [-0.25, -0.2) is 4.39 Å². The van der Waals surface area contributed by atoms with Crippen molar-refractivity contribution in [3.05, 3.63) is 77.6 Å². The Hall–Kier alpha value is -3.14. The van der Waals surface area contributed by atoms with Gasteiger partial charge in [-0.05, 0) is 36.2 Å². The standard InChI is InChI=1S/C21H17FN2O/c1-2-13-6-5-8-16-15-11-10-14(12-19(15)24-20(13)16)23-21(25)17-7-3-4-9-18(17)22/h3-12,24H,2H2,1H3,(H,23,25). The third-order valence-electron chi connectivity index (χ3n) is 4.48. The molecule has 0 fully saturated rings. The summed E-state index contributed by atoms with van der Waals surface area (Å²) in [6, 6.07) is 17.9. The van der Waals surface area contributed by atoms with Gasteiger partial charge in [0, 0.05) is 27.5 Å². The summed E-state index contributed by atoms with van der Waals surface area (Å²) < 4.78 is 13.8. The number of aromatic nitrogens is 1. The van der Waals surface area contributed by atoms with Crippen molar-refractivity contribution < 1.29 is 9.18 Å². The van der Waals surface area contributed by atoms with Crippen LogP contribution in [0.15, 0.2) is 60.7 Å². The van der Waals surface area contributed by atoms with E-state index in [2.05, 4.69) is 35.4 Å².